The van der Waals surface area contributed by atoms with E-state index in [4.69, 9.17) is 12.2 Å². The molecule has 0 aliphatic carbocycles. The molecule has 1 rings (SSSR count). The molecule has 22 heavy (non-hydrogen) atoms. The zero-order chi connectivity index (χ0) is 16.9. The molecule has 0 unspecified atom stereocenters. The molecule has 2 amide bonds. The number of benzene rings is 1. The third kappa shape index (κ3) is 5.11. The first-order chi connectivity index (χ1) is 10.1. The van der Waals surface area contributed by atoms with Gasteiger partial charge in [0.15, 0.2) is 5.11 Å². The fourth-order valence-corrected chi connectivity index (χ4v) is 1.79. The Morgan fingerprint density at radius 1 is 1.14 bits per heavy atom. The zero-order valence-electron chi connectivity index (χ0n) is 13.7. The molecule has 6 heteroatoms. The number of amides is 2. The smallest absolute Gasteiger partial charge is 0.231 e. The van der Waals surface area contributed by atoms with E-state index >= 15 is 0 Å². The number of carbonyl (C=O) groups excluding carboxylic acids is 2. The van der Waals surface area contributed by atoms with E-state index in [9.17, 15) is 9.59 Å². The Balaban J connectivity index is 2.82. The molecule has 0 atom stereocenters. The van der Waals surface area contributed by atoms with Crippen molar-refractivity contribution in [1.29, 1.82) is 0 Å². The van der Waals surface area contributed by atoms with Crippen LogP contribution >= 0.6 is 12.2 Å². The van der Waals surface area contributed by atoms with Gasteiger partial charge < -0.3 is 16.0 Å². The molecular formula is C16H23N3O2S. The van der Waals surface area contributed by atoms with Crippen molar-refractivity contribution < 1.29 is 9.59 Å². The average molecular weight is 321 g/mol. The maximum absolute atomic E-state index is 11.9. The monoisotopic (exact) mass is 321 g/mol. The number of rotatable bonds is 3. The third-order valence-electron chi connectivity index (χ3n) is 3.09. The second kappa shape index (κ2) is 7.35. The van der Waals surface area contributed by atoms with E-state index in [1.165, 1.54) is 0 Å². The van der Waals surface area contributed by atoms with Crippen molar-refractivity contribution in [2.24, 2.45) is 5.41 Å². The lowest BCUT2D eigenvalue weighted by atomic mass is 9.96. The van der Waals surface area contributed by atoms with Crippen LogP contribution in [0.2, 0.25) is 0 Å². The minimum absolute atomic E-state index is 0.0520. The van der Waals surface area contributed by atoms with Crippen molar-refractivity contribution in [1.82, 2.24) is 5.32 Å². The summed E-state index contributed by atoms with van der Waals surface area (Å²) in [6, 6.07) is 5.48. The van der Waals surface area contributed by atoms with Gasteiger partial charge in [-0.1, -0.05) is 33.8 Å². The summed E-state index contributed by atoms with van der Waals surface area (Å²) in [5.74, 6) is -0.207. The third-order valence-corrected chi connectivity index (χ3v) is 3.29. The number of thiocarbonyl (C=S) groups is 1. The normalized spacial score (nSPS) is 10.8. The number of hydrogen-bond donors (Lipinski definition) is 3. The lowest BCUT2D eigenvalue weighted by molar-refractivity contribution is -0.126. The van der Waals surface area contributed by atoms with Crippen molar-refractivity contribution in [3.63, 3.8) is 0 Å². The molecule has 0 heterocycles. The molecule has 5 nitrogen and oxygen atoms in total. The van der Waals surface area contributed by atoms with Crippen LogP contribution in [-0.2, 0) is 9.59 Å². The summed E-state index contributed by atoms with van der Waals surface area (Å²) >= 11 is 5.16. The van der Waals surface area contributed by atoms with Gasteiger partial charge in [0.1, 0.15) is 0 Å². The summed E-state index contributed by atoms with van der Waals surface area (Å²) in [5, 5.41) is 8.72. The Bertz CT molecular complexity index is 592. The van der Waals surface area contributed by atoms with Crippen LogP contribution in [0, 0.1) is 12.3 Å². The maximum atomic E-state index is 11.9. The predicted octanol–water partition coefficient (Wildman–Crippen LogP) is 3.20. The molecule has 120 valence electrons. The number of hydrogen-bond acceptors (Lipinski definition) is 3. The molecule has 0 radical (unpaired) electrons. The molecule has 0 bridgehead atoms. The fraction of sp³-hybridized carbons (Fsp3) is 0.438. The maximum Gasteiger partial charge on any atom is 0.231 e. The molecule has 1 aromatic carbocycles. The average Bonchev–Trinajstić information content (AvgIpc) is 2.41. The SMILES string of the molecule is CCC(=O)Nc1cccc(NC(=S)NC(=O)C(C)(C)C)c1C. The highest BCUT2D eigenvalue weighted by atomic mass is 32.1. The van der Waals surface area contributed by atoms with E-state index in [0.717, 1.165) is 16.9 Å². The highest BCUT2D eigenvalue weighted by Crippen LogP contribution is 2.23. The van der Waals surface area contributed by atoms with Crippen LogP contribution < -0.4 is 16.0 Å². The minimum atomic E-state index is -0.516. The van der Waals surface area contributed by atoms with Crippen molar-refractivity contribution >= 4 is 40.5 Å². The number of nitrogens with one attached hydrogen (secondary N) is 3. The van der Waals surface area contributed by atoms with Gasteiger partial charge in [-0.25, -0.2) is 0 Å². The Kier molecular flexibility index (Phi) is 6.05. The van der Waals surface area contributed by atoms with Gasteiger partial charge in [0.25, 0.3) is 0 Å². The molecule has 0 spiro atoms. The van der Waals surface area contributed by atoms with Crippen molar-refractivity contribution in [2.75, 3.05) is 10.6 Å². The largest absolute Gasteiger partial charge is 0.332 e. The van der Waals surface area contributed by atoms with E-state index < -0.39 is 5.41 Å². The summed E-state index contributed by atoms with van der Waals surface area (Å²) in [6.45, 7) is 9.12. The lowest BCUT2D eigenvalue weighted by Crippen LogP contribution is -2.41. The number of carbonyl (C=O) groups is 2. The molecule has 0 saturated heterocycles. The quantitative estimate of drug-likeness (QED) is 0.748. The van der Waals surface area contributed by atoms with Gasteiger partial charge in [-0.05, 0) is 36.8 Å². The predicted molar refractivity (Wildman–Crippen MR) is 93.9 cm³/mol. The first kappa shape index (κ1) is 18.1. The molecular weight excluding hydrogens is 298 g/mol. The summed E-state index contributed by atoms with van der Waals surface area (Å²) in [7, 11) is 0. The topological polar surface area (TPSA) is 70.2 Å². The number of anilines is 2. The van der Waals surface area contributed by atoms with Crippen LogP contribution in [0.25, 0.3) is 0 Å². The van der Waals surface area contributed by atoms with Crippen molar-refractivity contribution in [2.45, 2.75) is 41.0 Å². The van der Waals surface area contributed by atoms with Gasteiger partial charge in [0.05, 0.1) is 0 Å². The molecule has 0 fully saturated rings. The van der Waals surface area contributed by atoms with Crippen LogP contribution in [0.15, 0.2) is 18.2 Å². The van der Waals surface area contributed by atoms with Gasteiger partial charge in [-0.3, -0.25) is 9.59 Å². The van der Waals surface area contributed by atoms with Gasteiger partial charge in [-0.15, -0.1) is 0 Å². The molecule has 1 aromatic rings. The molecule has 0 aliphatic heterocycles. The fourth-order valence-electron chi connectivity index (χ4n) is 1.59. The molecule has 0 saturated carbocycles. The Labute approximate surface area is 136 Å². The molecule has 0 aromatic heterocycles. The van der Waals surface area contributed by atoms with Crippen LogP contribution in [0.4, 0.5) is 11.4 Å². The van der Waals surface area contributed by atoms with Crippen molar-refractivity contribution in [3.05, 3.63) is 23.8 Å². The van der Waals surface area contributed by atoms with E-state index in [2.05, 4.69) is 16.0 Å². The molecule has 3 N–H and O–H groups in total. The minimum Gasteiger partial charge on any atom is -0.332 e. The van der Waals surface area contributed by atoms with E-state index in [0.29, 0.717) is 6.42 Å². The van der Waals surface area contributed by atoms with Gasteiger partial charge in [0, 0.05) is 23.2 Å². The van der Waals surface area contributed by atoms with E-state index in [1.807, 2.05) is 45.9 Å². The van der Waals surface area contributed by atoms with E-state index in [1.54, 1.807) is 6.92 Å². The highest BCUT2D eigenvalue weighted by Gasteiger charge is 2.22. The van der Waals surface area contributed by atoms with Gasteiger partial charge >= 0.3 is 0 Å². The summed E-state index contributed by atoms with van der Waals surface area (Å²) < 4.78 is 0. The summed E-state index contributed by atoms with van der Waals surface area (Å²) in [4.78, 5) is 23.4. The summed E-state index contributed by atoms with van der Waals surface area (Å²) in [5.41, 5.74) is 1.81. The van der Waals surface area contributed by atoms with Crippen LogP contribution in [-0.4, -0.2) is 16.9 Å². The second-order valence-electron chi connectivity index (χ2n) is 6.04. The van der Waals surface area contributed by atoms with Gasteiger partial charge in [0.2, 0.25) is 11.8 Å². The zero-order valence-corrected chi connectivity index (χ0v) is 14.5. The Morgan fingerprint density at radius 3 is 2.18 bits per heavy atom. The second-order valence-corrected chi connectivity index (χ2v) is 6.45. The first-order valence-corrected chi connectivity index (χ1v) is 7.58. The lowest BCUT2D eigenvalue weighted by Gasteiger charge is -2.19. The van der Waals surface area contributed by atoms with Crippen LogP contribution in [0.3, 0.4) is 0 Å². The summed E-state index contributed by atoms with van der Waals surface area (Å²) in [6.07, 6.45) is 0.414. The van der Waals surface area contributed by atoms with Gasteiger partial charge in [-0.2, -0.15) is 0 Å². The van der Waals surface area contributed by atoms with Crippen LogP contribution in [0.5, 0.6) is 0 Å². The first-order valence-electron chi connectivity index (χ1n) is 7.17. The Morgan fingerprint density at radius 2 is 1.68 bits per heavy atom. The Hall–Kier alpha value is -1.95. The standard InChI is InChI=1S/C16H23N3O2S/c1-6-13(20)17-11-8-7-9-12(10(11)2)18-15(22)19-14(21)16(3,4)5/h7-9H,6H2,1-5H3,(H,17,20)(H2,18,19,21,22). The molecule has 0 aliphatic rings. The highest BCUT2D eigenvalue weighted by molar-refractivity contribution is 7.80. The van der Waals surface area contributed by atoms with E-state index in [-0.39, 0.29) is 16.9 Å². The van der Waals surface area contributed by atoms with Crippen molar-refractivity contribution in [3.8, 4) is 0 Å². The van der Waals surface area contributed by atoms with Crippen LogP contribution in [0.1, 0.15) is 39.7 Å².